The van der Waals surface area contributed by atoms with Crippen molar-refractivity contribution in [3.8, 4) is 0 Å². The minimum atomic E-state index is -3.36. The van der Waals surface area contributed by atoms with Crippen LogP contribution in [0.3, 0.4) is 0 Å². The van der Waals surface area contributed by atoms with E-state index in [9.17, 15) is 8.42 Å². The Bertz CT molecular complexity index is 480. The molecule has 0 radical (unpaired) electrons. The normalized spacial score (nSPS) is 11.9. The summed E-state index contributed by atoms with van der Waals surface area (Å²) < 4.78 is 26.1. The third kappa shape index (κ3) is 3.65. The molecule has 1 aromatic heterocycles. The van der Waals surface area contributed by atoms with Gasteiger partial charge in [-0.05, 0) is 31.3 Å². The van der Waals surface area contributed by atoms with Crippen molar-refractivity contribution in [2.24, 2.45) is 0 Å². The lowest BCUT2D eigenvalue weighted by atomic mass is 10.3. The molecule has 4 nitrogen and oxygen atoms in total. The van der Waals surface area contributed by atoms with Crippen molar-refractivity contribution >= 4 is 21.4 Å². The summed E-state index contributed by atoms with van der Waals surface area (Å²) in [5, 5.41) is 4.80. The first kappa shape index (κ1) is 15.4. The van der Waals surface area contributed by atoms with Crippen LogP contribution in [0.2, 0.25) is 0 Å². The Morgan fingerprint density at radius 3 is 2.89 bits per heavy atom. The van der Waals surface area contributed by atoms with E-state index in [1.807, 2.05) is 12.4 Å². The predicted octanol–water partition coefficient (Wildman–Crippen LogP) is 2.05. The third-order valence-electron chi connectivity index (χ3n) is 2.61. The van der Waals surface area contributed by atoms with Gasteiger partial charge in [-0.3, -0.25) is 0 Å². The minimum absolute atomic E-state index is 0.419. The fourth-order valence-corrected chi connectivity index (χ4v) is 4.23. The lowest BCUT2D eigenvalue weighted by Crippen LogP contribution is -2.28. The molecule has 0 saturated heterocycles. The molecule has 102 valence electrons. The third-order valence-corrected chi connectivity index (χ3v) is 5.60. The zero-order chi connectivity index (χ0) is 13.6. The molecule has 0 aliphatic carbocycles. The van der Waals surface area contributed by atoms with Gasteiger partial charge in [0.2, 0.25) is 10.0 Å². The maximum absolute atomic E-state index is 12.4. The summed E-state index contributed by atoms with van der Waals surface area (Å²) in [4.78, 5) is 1.27. The van der Waals surface area contributed by atoms with E-state index >= 15 is 0 Å². The SMILES string of the molecule is C=CCCCN(C)S(=O)(=O)c1ccsc1CNC. The van der Waals surface area contributed by atoms with Gasteiger partial charge in [-0.25, -0.2) is 12.7 Å². The number of hydrogen-bond acceptors (Lipinski definition) is 4. The first-order valence-electron chi connectivity index (χ1n) is 5.82. The number of nitrogens with one attached hydrogen (secondary N) is 1. The Kier molecular flexibility index (Phi) is 6.01. The van der Waals surface area contributed by atoms with Crippen molar-refractivity contribution < 1.29 is 8.42 Å². The molecule has 0 amide bonds. The minimum Gasteiger partial charge on any atom is -0.315 e. The Labute approximate surface area is 113 Å². The molecule has 1 aromatic rings. The van der Waals surface area contributed by atoms with E-state index in [2.05, 4.69) is 11.9 Å². The number of unbranched alkanes of at least 4 members (excludes halogenated alkanes) is 1. The second-order valence-electron chi connectivity index (χ2n) is 4.00. The molecular weight excluding hydrogens is 268 g/mol. The number of thiophene rings is 1. The van der Waals surface area contributed by atoms with E-state index in [0.29, 0.717) is 18.0 Å². The Morgan fingerprint density at radius 1 is 1.56 bits per heavy atom. The molecular formula is C12H20N2O2S2. The summed E-state index contributed by atoms with van der Waals surface area (Å²) >= 11 is 1.46. The Hall–Kier alpha value is -0.690. The summed E-state index contributed by atoms with van der Waals surface area (Å²) in [5.41, 5.74) is 0. The summed E-state index contributed by atoms with van der Waals surface area (Å²) in [6.07, 6.45) is 3.43. The number of allylic oxidation sites excluding steroid dienone is 1. The van der Waals surface area contributed by atoms with Gasteiger partial charge in [0.15, 0.2) is 0 Å². The zero-order valence-corrected chi connectivity index (χ0v) is 12.5. The number of nitrogens with zero attached hydrogens (tertiary/aromatic N) is 1. The molecule has 0 aromatic carbocycles. The van der Waals surface area contributed by atoms with Crippen LogP contribution >= 0.6 is 11.3 Å². The van der Waals surface area contributed by atoms with Crippen LogP contribution in [-0.4, -0.2) is 33.4 Å². The quantitative estimate of drug-likeness (QED) is 0.588. The first-order valence-corrected chi connectivity index (χ1v) is 8.14. The van der Waals surface area contributed by atoms with Crippen LogP contribution in [0.1, 0.15) is 17.7 Å². The van der Waals surface area contributed by atoms with E-state index in [-0.39, 0.29) is 0 Å². The molecule has 0 unspecified atom stereocenters. The molecule has 0 spiro atoms. The Morgan fingerprint density at radius 2 is 2.28 bits per heavy atom. The van der Waals surface area contributed by atoms with E-state index in [4.69, 9.17) is 0 Å². The molecule has 0 aliphatic heterocycles. The van der Waals surface area contributed by atoms with Crippen LogP contribution in [0.5, 0.6) is 0 Å². The lowest BCUT2D eigenvalue weighted by molar-refractivity contribution is 0.462. The molecule has 6 heteroatoms. The maximum Gasteiger partial charge on any atom is 0.243 e. The van der Waals surface area contributed by atoms with E-state index in [1.54, 1.807) is 19.2 Å². The van der Waals surface area contributed by atoms with Gasteiger partial charge in [-0.15, -0.1) is 17.9 Å². The highest BCUT2D eigenvalue weighted by atomic mass is 32.2. The van der Waals surface area contributed by atoms with Gasteiger partial charge in [0, 0.05) is 25.0 Å². The van der Waals surface area contributed by atoms with E-state index in [0.717, 1.165) is 17.7 Å². The van der Waals surface area contributed by atoms with Crippen molar-refractivity contribution in [1.29, 1.82) is 0 Å². The average molecular weight is 288 g/mol. The van der Waals surface area contributed by atoms with Crippen molar-refractivity contribution in [3.63, 3.8) is 0 Å². The summed E-state index contributed by atoms with van der Waals surface area (Å²) in [6, 6.07) is 1.68. The molecule has 0 fully saturated rings. The topological polar surface area (TPSA) is 49.4 Å². The number of hydrogen-bond donors (Lipinski definition) is 1. The smallest absolute Gasteiger partial charge is 0.243 e. The van der Waals surface area contributed by atoms with Gasteiger partial charge in [0.1, 0.15) is 0 Å². The number of rotatable bonds is 8. The summed E-state index contributed by atoms with van der Waals surface area (Å²) in [6.45, 7) is 4.73. The molecule has 1 heterocycles. The maximum atomic E-state index is 12.4. The molecule has 18 heavy (non-hydrogen) atoms. The zero-order valence-electron chi connectivity index (χ0n) is 10.8. The van der Waals surface area contributed by atoms with Crippen LogP contribution in [0.25, 0.3) is 0 Å². The van der Waals surface area contributed by atoms with Gasteiger partial charge in [0.05, 0.1) is 4.90 Å². The van der Waals surface area contributed by atoms with Crippen molar-refractivity contribution in [2.45, 2.75) is 24.3 Å². The fraction of sp³-hybridized carbons (Fsp3) is 0.500. The Balaban J connectivity index is 2.84. The van der Waals surface area contributed by atoms with Crippen LogP contribution in [0.4, 0.5) is 0 Å². The van der Waals surface area contributed by atoms with Crippen LogP contribution in [-0.2, 0) is 16.6 Å². The molecule has 1 rings (SSSR count). The first-order chi connectivity index (χ1) is 8.54. The average Bonchev–Trinajstić information content (AvgIpc) is 2.78. The molecule has 0 aliphatic rings. The summed E-state index contributed by atoms with van der Waals surface area (Å²) in [7, 11) is 0.0742. The molecule has 0 bridgehead atoms. The fourth-order valence-electron chi connectivity index (χ4n) is 1.59. The van der Waals surface area contributed by atoms with Gasteiger partial charge in [0.25, 0.3) is 0 Å². The summed E-state index contributed by atoms with van der Waals surface area (Å²) in [5.74, 6) is 0. The largest absolute Gasteiger partial charge is 0.315 e. The molecule has 1 N–H and O–H groups in total. The van der Waals surface area contributed by atoms with Crippen LogP contribution in [0, 0.1) is 0 Å². The van der Waals surface area contributed by atoms with Crippen molar-refractivity contribution in [3.05, 3.63) is 29.0 Å². The van der Waals surface area contributed by atoms with Crippen LogP contribution < -0.4 is 5.32 Å². The van der Waals surface area contributed by atoms with Gasteiger partial charge < -0.3 is 5.32 Å². The van der Waals surface area contributed by atoms with Crippen molar-refractivity contribution in [2.75, 3.05) is 20.6 Å². The highest BCUT2D eigenvalue weighted by Crippen LogP contribution is 2.24. The highest BCUT2D eigenvalue weighted by Gasteiger charge is 2.23. The van der Waals surface area contributed by atoms with E-state index < -0.39 is 10.0 Å². The van der Waals surface area contributed by atoms with Crippen LogP contribution in [0.15, 0.2) is 29.0 Å². The second-order valence-corrected chi connectivity index (χ2v) is 7.01. The second kappa shape index (κ2) is 7.04. The van der Waals surface area contributed by atoms with E-state index in [1.165, 1.54) is 15.6 Å². The van der Waals surface area contributed by atoms with Crippen molar-refractivity contribution in [1.82, 2.24) is 9.62 Å². The highest BCUT2D eigenvalue weighted by molar-refractivity contribution is 7.89. The van der Waals surface area contributed by atoms with Gasteiger partial charge in [-0.1, -0.05) is 6.08 Å². The van der Waals surface area contributed by atoms with Gasteiger partial charge >= 0.3 is 0 Å². The van der Waals surface area contributed by atoms with Gasteiger partial charge in [-0.2, -0.15) is 0 Å². The monoisotopic (exact) mass is 288 g/mol. The molecule has 0 saturated carbocycles. The molecule has 0 atom stereocenters. The predicted molar refractivity (Wildman–Crippen MR) is 76.3 cm³/mol. The standard InChI is InChI=1S/C12H20N2O2S2/c1-4-5-6-8-14(3)18(15,16)12-7-9-17-11(12)10-13-2/h4,7,9,13H,1,5-6,8,10H2,2-3H3. The number of sulfonamides is 1. The lowest BCUT2D eigenvalue weighted by Gasteiger charge is -2.17.